The van der Waals surface area contributed by atoms with Gasteiger partial charge in [0, 0.05) is 30.0 Å². The zero-order valence-electron chi connectivity index (χ0n) is 11.0. The molecule has 5 nitrogen and oxygen atoms in total. The maximum Gasteiger partial charge on any atom is 0.270 e. The number of halogens is 3. The second kappa shape index (κ2) is 6.53. The standard InChI is InChI=1S/C11H15ClF2N2O3S/c1-3-15(4-2)11(17)9-5-8(20(12,18)19)6-16(9)7-10(13)14/h5-6,10H,3-4,7H2,1-2H3. The Hall–Kier alpha value is -1.15. The number of alkyl halides is 2. The van der Waals surface area contributed by atoms with Crippen LogP contribution in [0.5, 0.6) is 0 Å². The number of nitrogens with zero attached hydrogens (tertiary/aromatic N) is 2. The smallest absolute Gasteiger partial charge is 0.270 e. The summed E-state index contributed by atoms with van der Waals surface area (Å²) in [6, 6.07) is 1.02. The Kier molecular flexibility index (Phi) is 5.52. The molecule has 0 fully saturated rings. The molecule has 0 N–H and O–H groups in total. The monoisotopic (exact) mass is 328 g/mol. The van der Waals surface area contributed by atoms with Crippen molar-refractivity contribution < 1.29 is 22.0 Å². The molecule has 0 radical (unpaired) electrons. The number of rotatable bonds is 6. The van der Waals surface area contributed by atoms with Crippen molar-refractivity contribution in [3.05, 3.63) is 18.0 Å². The zero-order valence-corrected chi connectivity index (χ0v) is 12.6. The maximum absolute atomic E-state index is 12.5. The molecule has 0 spiro atoms. The highest BCUT2D eigenvalue weighted by Gasteiger charge is 2.23. The van der Waals surface area contributed by atoms with Crippen LogP contribution in [0, 0.1) is 0 Å². The Balaban J connectivity index is 3.28. The van der Waals surface area contributed by atoms with Gasteiger partial charge in [0.25, 0.3) is 21.4 Å². The Morgan fingerprint density at radius 1 is 1.40 bits per heavy atom. The van der Waals surface area contributed by atoms with E-state index in [2.05, 4.69) is 0 Å². The van der Waals surface area contributed by atoms with Gasteiger partial charge in [-0.2, -0.15) is 0 Å². The minimum absolute atomic E-state index is 0.117. The molecule has 0 aliphatic rings. The minimum atomic E-state index is -4.08. The first kappa shape index (κ1) is 16.9. The fraction of sp³-hybridized carbons (Fsp3) is 0.545. The quantitative estimate of drug-likeness (QED) is 0.752. The number of amides is 1. The van der Waals surface area contributed by atoms with E-state index in [1.807, 2.05) is 0 Å². The molecule has 0 bridgehead atoms. The van der Waals surface area contributed by atoms with E-state index in [1.165, 1.54) is 4.90 Å². The molecule has 0 aliphatic heterocycles. The summed E-state index contributed by atoms with van der Waals surface area (Å²) in [7, 11) is 1.10. The van der Waals surface area contributed by atoms with Gasteiger partial charge < -0.3 is 9.47 Å². The third kappa shape index (κ3) is 3.92. The van der Waals surface area contributed by atoms with E-state index in [0.717, 1.165) is 16.8 Å². The van der Waals surface area contributed by atoms with Crippen LogP contribution >= 0.6 is 10.7 Å². The van der Waals surface area contributed by atoms with Crippen molar-refractivity contribution in [1.82, 2.24) is 9.47 Å². The second-order valence-corrected chi connectivity index (χ2v) is 6.59. The summed E-state index contributed by atoms with van der Waals surface area (Å²) in [5.41, 5.74) is -0.117. The van der Waals surface area contributed by atoms with Gasteiger partial charge in [-0.1, -0.05) is 0 Å². The largest absolute Gasteiger partial charge is 0.338 e. The lowest BCUT2D eigenvalue weighted by atomic mass is 10.3. The molecule has 0 aliphatic carbocycles. The van der Waals surface area contributed by atoms with Crippen molar-refractivity contribution in [2.24, 2.45) is 0 Å². The first-order valence-corrected chi connectivity index (χ1v) is 8.23. The molecular weight excluding hydrogens is 314 g/mol. The van der Waals surface area contributed by atoms with Crippen LogP contribution in [0.1, 0.15) is 24.3 Å². The first-order valence-electron chi connectivity index (χ1n) is 5.92. The van der Waals surface area contributed by atoms with Gasteiger partial charge in [0.2, 0.25) is 0 Å². The molecule has 0 atom stereocenters. The van der Waals surface area contributed by atoms with Crippen LogP contribution in [0.25, 0.3) is 0 Å². The Labute approximate surface area is 120 Å². The number of hydrogen-bond acceptors (Lipinski definition) is 3. The number of aromatic nitrogens is 1. The lowest BCUT2D eigenvalue weighted by Gasteiger charge is -2.19. The van der Waals surface area contributed by atoms with E-state index in [9.17, 15) is 22.0 Å². The van der Waals surface area contributed by atoms with Crippen LogP contribution in [-0.2, 0) is 15.6 Å². The van der Waals surface area contributed by atoms with Crippen molar-refractivity contribution in [2.75, 3.05) is 13.1 Å². The Morgan fingerprint density at radius 2 is 1.95 bits per heavy atom. The Bertz CT molecular complexity index is 582. The summed E-state index contributed by atoms with van der Waals surface area (Å²) in [5, 5.41) is 0. The van der Waals surface area contributed by atoms with Crippen LogP contribution in [-0.4, -0.2) is 43.3 Å². The highest BCUT2D eigenvalue weighted by Crippen LogP contribution is 2.20. The van der Waals surface area contributed by atoms with E-state index in [0.29, 0.717) is 13.1 Å². The third-order valence-electron chi connectivity index (χ3n) is 2.76. The summed E-state index contributed by atoms with van der Waals surface area (Å²) in [4.78, 5) is 13.2. The van der Waals surface area contributed by atoms with Crippen molar-refractivity contribution in [3.8, 4) is 0 Å². The average Bonchev–Trinajstić information content (AvgIpc) is 2.73. The molecule has 1 heterocycles. The summed E-state index contributed by atoms with van der Waals surface area (Å²) in [6.07, 6.45) is -1.76. The topological polar surface area (TPSA) is 59.4 Å². The van der Waals surface area contributed by atoms with E-state index < -0.39 is 27.9 Å². The summed E-state index contributed by atoms with van der Waals surface area (Å²) in [5.74, 6) is -0.512. The van der Waals surface area contributed by atoms with Gasteiger partial charge in [0.1, 0.15) is 10.6 Å². The van der Waals surface area contributed by atoms with Gasteiger partial charge >= 0.3 is 0 Å². The molecule has 0 saturated carbocycles. The highest BCUT2D eigenvalue weighted by atomic mass is 35.7. The molecule has 0 saturated heterocycles. The van der Waals surface area contributed by atoms with E-state index in [-0.39, 0.29) is 10.6 Å². The highest BCUT2D eigenvalue weighted by molar-refractivity contribution is 8.13. The number of carbonyl (C=O) groups is 1. The van der Waals surface area contributed by atoms with Crippen LogP contribution in [0.2, 0.25) is 0 Å². The van der Waals surface area contributed by atoms with E-state index in [4.69, 9.17) is 10.7 Å². The zero-order chi connectivity index (χ0) is 15.5. The van der Waals surface area contributed by atoms with Crippen molar-refractivity contribution >= 4 is 25.6 Å². The van der Waals surface area contributed by atoms with Crippen LogP contribution in [0.4, 0.5) is 8.78 Å². The summed E-state index contributed by atoms with van der Waals surface area (Å²) < 4.78 is 48.4. The molecule has 1 amide bonds. The molecular formula is C11H15ClF2N2O3S. The van der Waals surface area contributed by atoms with Crippen LogP contribution in [0.15, 0.2) is 17.2 Å². The first-order chi connectivity index (χ1) is 9.20. The van der Waals surface area contributed by atoms with Gasteiger partial charge in [-0.25, -0.2) is 17.2 Å². The van der Waals surface area contributed by atoms with Crippen molar-refractivity contribution in [3.63, 3.8) is 0 Å². The predicted octanol–water partition coefficient (Wildman–Crippen LogP) is 2.16. The minimum Gasteiger partial charge on any atom is -0.338 e. The summed E-state index contributed by atoms with van der Waals surface area (Å²) >= 11 is 0. The van der Waals surface area contributed by atoms with E-state index >= 15 is 0 Å². The molecule has 0 aromatic carbocycles. The number of hydrogen-bond donors (Lipinski definition) is 0. The van der Waals surface area contributed by atoms with Gasteiger partial charge in [0.05, 0.1) is 6.54 Å². The molecule has 9 heteroatoms. The van der Waals surface area contributed by atoms with Crippen LogP contribution < -0.4 is 0 Å². The predicted molar refractivity (Wildman–Crippen MR) is 70.7 cm³/mol. The van der Waals surface area contributed by atoms with Gasteiger partial charge in [-0.05, 0) is 19.9 Å². The lowest BCUT2D eigenvalue weighted by molar-refractivity contribution is 0.0752. The SMILES string of the molecule is CCN(CC)C(=O)c1cc(S(=O)(=O)Cl)cn1CC(F)F. The number of carbonyl (C=O) groups excluding carboxylic acids is 1. The molecule has 1 aromatic rings. The average molecular weight is 329 g/mol. The van der Waals surface area contributed by atoms with Crippen molar-refractivity contribution in [1.29, 1.82) is 0 Å². The summed E-state index contributed by atoms with van der Waals surface area (Å²) in [6.45, 7) is 3.48. The molecule has 1 aromatic heterocycles. The van der Waals surface area contributed by atoms with Crippen molar-refractivity contribution in [2.45, 2.75) is 31.7 Å². The molecule has 20 heavy (non-hydrogen) atoms. The lowest BCUT2D eigenvalue weighted by Crippen LogP contribution is -2.32. The second-order valence-electron chi connectivity index (χ2n) is 4.02. The third-order valence-corrected chi connectivity index (χ3v) is 4.08. The normalized spacial score (nSPS) is 11.9. The van der Waals surface area contributed by atoms with Gasteiger partial charge in [-0.3, -0.25) is 4.79 Å². The molecule has 114 valence electrons. The fourth-order valence-corrected chi connectivity index (χ4v) is 2.53. The van der Waals surface area contributed by atoms with Gasteiger partial charge in [0.15, 0.2) is 0 Å². The van der Waals surface area contributed by atoms with Gasteiger partial charge in [-0.15, -0.1) is 0 Å². The fourth-order valence-electron chi connectivity index (χ4n) is 1.77. The molecule has 0 unspecified atom stereocenters. The molecule has 1 rings (SSSR count). The Morgan fingerprint density at radius 3 is 2.35 bits per heavy atom. The maximum atomic E-state index is 12.5. The van der Waals surface area contributed by atoms with Crippen LogP contribution in [0.3, 0.4) is 0 Å². The van der Waals surface area contributed by atoms with E-state index in [1.54, 1.807) is 13.8 Å².